The average molecular weight is 483 g/mol. The highest BCUT2D eigenvalue weighted by atomic mass is 16.6. The van der Waals surface area contributed by atoms with Crippen molar-refractivity contribution in [1.29, 1.82) is 0 Å². The average Bonchev–Trinajstić information content (AvgIpc) is 2.84. The minimum Gasteiger partial charge on any atom is -0.332 e. The molecule has 8 nitrogen and oxygen atoms in total. The number of non-ortho nitro benzene ring substituents is 1. The quantitative estimate of drug-likeness (QED) is 0.326. The largest absolute Gasteiger partial charge is 0.332 e. The van der Waals surface area contributed by atoms with Gasteiger partial charge < -0.3 is 14.7 Å². The van der Waals surface area contributed by atoms with Crippen LogP contribution in [0, 0.1) is 10.1 Å². The molecule has 0 unspecified atom stereocenters. The number of hydrogen-bond donors (Lipinski definition) is 0. The van der Waals surface area contributed by atoms with Crippen LogP contribution in [0.15, 0.2) is 54.6 Å². The summed E-state index contributed by atoms with van der Waals surface area (Å²) in [7, 11) is 0. The van der Waals surface area contributed by atoms with E-state index in [4.69, 9.17) is 0 Å². The van der Waals surface area contributed by atoms with E-state index in [-0.39, 0.29) is 24.0 Å². The Labute approximate surface area is 208 Å². The Morgan fingerprint density at radius 3 is 2.03 bits per heavy atom. The van der Waals surface area contributed by atoms with Crippen LogP contribution in [-0.4, -0.2) is 69.7 Å². The number of rotatable bonds is 12. The molecule has 0 spiro atoms. The maximum absolute atomic E-state index is 13.5. The van der Waals surface area contributed by atoms with Crippen molar-refractivity contribution in [2.45, 2.75) is 53.1 Å². The van der Waals surface area contributed by atoms with Crippen molar-refractivity contribution in [3.05, 3.63) is 75.8 Å². The Hall–Kier alpha value is -3.26. The number of carbonyl (C=O) groups is 2. The third-order valence-corrected chi connectivity index (χ3v) is 6.03. The van der Waals surface area contributed by atoms with Crippen LogP contribution >= 0.6 is 0 Å². The monoisotopic (exact) mass is 482 g/mol. The molecule has 2 amide bonds. The number of amides is 2. The van der Waals surface area contributed by atoms with Gasteiger partial charge in [-0.05, 0) is 64.5 Å². The van der Waals surface area contributed by atoms with Crippen molar-refractivity contribution in [2.24, 2.45) is 0 Å². The highest BCUT2D eigenvalue weighted by Gasteiger charge is 2.29. The lowest BCUT2D eigenvalue weighted by molar-refractivity contribution is -0.384. The molecule has 0 saturated carbocycles. The van der Waals surface area contributed by atoms with E-state index < -0.39 is 10.5 Å². The number of nitro groups is 1. The standard InChI is InChI=1S/C27H38N4O4/c1-6-28(7-2)18-11-19-29(26(33)23-14-16-24(17-15-23)31(34)35)21-25(32)30(27(3,4)5)20-22-12-9-8-10-13-22/h8-10,12-17H,6-7,11,18-21H2,1-5H3. The Morgan fingerprint density at radius 1 is 0.914 bits per heavy atom. The molecule has 0 N–H and O–H groups in total. The fourth-order valence-electron chi connectivity index (χ4n) is 3.90. The summed E-state index contributed by atoms with van der Waals surface area (Å²) in [6.07, 6.45) is 0.724. The van der Waals surface area contributed by atoms with Crippen LogP contribution in [-0.2, 0) is 11.3 Å². The van der Waals surface area contributed by atoms with Crippen molar-refractivity contribution in [3.8, 4) is 0 Å². The van der Waals surface area contributed by atoms with Gasteiger partial charge in [-0.15, -0.1) is 0 Å². The summed E-state index contributed by atoms with van der Waals surface area (Å²) in [4.78, 5) is 43.0. The molecule has 8 heteroatoms. The van der Waals surface area contributed by atoms with Gasteiger partial charge in [0.15, 0.2) is 0 Å². The SMILES string of the molecule is CCN(CC)CCCN(CC(=O)N(Cc1ccccc1)C(C)(C)C)C(=O)c1ccc([N+](=O)[O-])cc1. The van der Waals surface area contributed by atoms with Gasteiger partial charge in [-0.1, -0.05) is 44.2 Å². The van der Waals surface area contributed by atoms with Gasteiger partial charge in [-0.3, -0.25) is 19.7 Å². The second kappa shape index (κ2) is 13.0. The van der Waals surface area contributed by atoms with Crippen molar-refractivity contribution < 1.29 is 14.5 Å². The molecular weight excluding hydrogens is 444 g/mol. The fourth-order valence-corrected chi connectivity index (χ4v) is 3.90. The zero-order chi connectivity index (χ0) is 26.0. The molecule has 0 aromatic heterocycles. The lowest BCUT2D eigenvalue weighted by Crippen LogP contribution is -2.50. The molecule has 0 atom stereocenters. The van der Waals surface area contributed by atoms with Crippen molar-refractivity contribution >= 4 is 17.5 Å². The number of hydrogen-bond acceptors (Lipinski definition) is 5. The summed E-state index contributed by atoms with van der Waals surface area (Å²) >= 11 is 0. The summed E-state index contributed by atoms with van der Waals surface area (Å²) < 4.78 is 0. The van der Waals surface area contributed by atoms with Gasteiger partial charge >= 0.3 is 0 Å². The van der Waals surface area contributed by atoms with Crippen molar-refractivity contribution in [3.63, 3.8) is 0 Å². The first-order chi connectivity index (χ1) is 16.6. The topological polar surface area (TPSA) is 87.0 Å². The Morgan fingerprint density at radius 2 is 1.51 bits per heavy atom. The minimum absolute atomic E-state index is 0.0574. The van der Waals surface area contributed by atoms with Crippen LogP contribution in [0.25, 0.3) is 0 Å². The van der Waals surface area contributed by atoms with E-state index in [1.807, 2.05) is 51.1 Å². The molecular formula is C27H38N4O4. The third kappa shape index (κ3) is 8.47. The van der Waals surface area contributed by atoms with E-state index in [1.54, 1.807) is 9.80 Å². The molecule has 0 bridgehead atoms. The van der Waals surface area contributed by atoms with Crippen LogP contribution in [0.4, 0.5) is 5.69 Å². The predicted octanol–water partition coefficient (Wildman–Crippen LogP) is 4.60. The van der Waals surface area contributed by atoms with Crippen LogP contribution in [0.3, 0.4) is 0 Å². The van der Waals surface area contributed by atoms with Crippen LogP contribution in [0.1, 0.15) is 57.0 Å². The van der Waals surface area contributed by atoms with Crippen molar-refractivity contribution in [2.75, 3.05) is 32.7 Å². The Balaban J connectivity index is 2.25. The zero-order valence-corrected chi connectivity index (χ0v) is 21.6. The summed E-state index contributed by atoms with van der Waals surface area (Å²) in [5.74, 6) is -0.444. The van der Waals surface area contributed by atoms with Gasteiger partial charge in [0, 0.05) is 36.3 Å². The number of nitro benzene ring substituents is 1. The molecule has 0 aliphatic carbocycles. The van der Waals surface area contributed by atoms with E-state index >= 15 is 0 Å². The molecule has 190 valence electrons. The predicted molar refractivity (Wildman–Crippen MR) is 138 cm³/mol. The Bertz CT molecular complexity index is 967. The highest BCUT2D eigenvalue weighted by molar-refractivity contribution is 5.96. The van der Waals surface area contributed by atoms with Crippen LogP contribution < -0.4 is 0 Å². The van der Waals surface area contributed by atoms with Crippen molar-refractivity contribution in [1.82, 2.24) is 14.7 Å². The molecule has 2 aromatic rings. The lowest BCUT2D eigenvalue weighted by atomic mass is 10.0. The third-order valence-electron chi connectivity index (χ3n) is 6.03. The fraction of sp³-hybridized carbons (Fsp3) is 0.481. The number of nitrogens with zero attached hydrogens (tertiary/aromatic N) is 4. The number of carbonyl (C=O) groups excluding carboxylic acids is 2. The maximum atomic E-state index is 13.5. The van der Waals surface area contributed by atoms with E-state index in [1.165, 1.54) is 24.3 Å². The summed E-state index contributed by atoms with van der Waals surface area (Å²) in [6.45, 7) is 13.6. The van der Waals surface area contributed by atoms with Gasteiger partial charge in [-0.2, -0.15) is 0 Å². The lowest BCUT2D eigenvalue weighted by Gasteiger charge is -2.37. The normalized spacial score (nSPS) is 11.4. The Kier molecular flexibility index (Phi) is 10.4. The molecule has 0 aliphatic rings. The van der Waals surface area contributed by atoms with Crippen LogP contribution in [0.5, 0.6) is 0 Å². The van der Waals surface area contributed by atoms with Gasteiger partial charge in [0.1, 0.15) is 6.54 Å². The first-order valence-corrected chi connectivity index (χ1v) is 12.2. The van der Waals surface area contributed by atoms with Gasteiger partial charge in [0.05, 0.1) is 4.92 Å². The molecule has 0 aliphatic heterocycles. The molecule has 0 saturated heterocycles. The van der Waals surface area contributed by atoms with Gasteiger partial charge in [-0.25, -0.2) is 0 Å². The molecule has 0 radical (unpaired) electrons. The van der Waals surface area contributed by atoms with E-state index in [2.05, 4.69) is 18.7 Å². The summed E-state index contributed by atoms with van der Waals surface area (Å²) in [5, 5.41) is 11.0. The van der Waals surface area contributed by atoms with E-state index in [9.17, 15) is 19.7 Å². The van der Waals surface area contributed by atoms with Crippen LogP contribution in [0.2, 0.25) is 0 Å². The second-order valence-electron chi connectivity index (χ2n) is 9.55. The zero-order valence-electron chi connectivity index (χ0n) is 21.6. The van der Waals surface area contributed by atoms with Gasteiger partial charge in [0.2, 0.25) is 5.91 Å². The molecule has 2 rings (SSSR count). The minimum atomic E-state index is -0.496. The highest BCUT2D eigenvalue weighted by Crippen LogP contribution is 2.19. The number of benzene rings is 2. The molecule has 0 fully saturated rings. The maximum Gasteiger partial charge on any atom is 0.269 e. The smallest absolute Gasteiger partial charge is 0.269 e. The van der Waals surface area contributed by atoms with E-state index in [0.29, 0.717) is 18.7 Å². The molecule has 2 aromatic carbocycles. The van der Waals surface area contributed by atoms with Gasteiger partial charge in [0.25, 0.3) is 11.6 Å². The van der Waals surface area contributed by atoms with E-state index in [0.717, 1.165) is 31.6 Å². The molecule has 0 heterocycles. The first kappa shape index (κ1) is 28.0. The molecule has 35 heavy (non-hydrogen) atoms. The summed E-state index contributed by atoms with van der Waals surface area (Å²) in [5.41, 5.74) is 0.839. The summed E-state index contributed by atoms with van der Waals surface area (Å²) in [6, 6.07) is 15.3. The second-order valence-corrected chi connectivity index (χ2v) is 9.55. The first-order valence-electron chi connectivity index (χ1n) is 12.2.